The number of aromatic amines is 1. The van der Waals surface area contributed by atoms with Gasteiger partial charge in [-0.2, -0.15) is 4.31 Å². The van der Waals surface area contributed by atoms with Crippen molar-refractivity contribution in [1.82, 2.24) is 9.29 Å². The Kier molecular flexibility index (Phi) is 6.56. The summed E-state index contributed by atoms with van der Waals surface area (Å²) in [6, 6.07) is 8.02. The quantitative estimate of drug-likeness (QED) is 0.550. The molecule has 1 aromatic carbocycles. The molecule has 0 aliphatic carbocycles. The van der Waals surface area contributed by atoms with Gasteiger partial charge in [-0.15, -0.1) is 0 Å². The van der Waals surface area contributed by atoms with Crippen molar-refractivity contribution in [2.24, 2.45) is 0 Å². The van der Waals surface area contributed by atoms with Crippen molar-refractivity contribution in [1.29, 1.82) is 0 Å². The summed E-state index contributed by atoms with van der Waals surface area (Å²) in [6.45, 7) is 5.07. The Labute approximate surface area is 159 Å². The highest BCUT2D eigenvalue weighted by Crippen LogP contribution is 2.22. The molecule has 0 radical (unpaired) electrons. The third kappa shape index (κ3) is 4.28. The zero-order chi connectivity index (χ0) is 20.2. The second kappa shape index (κ2) is 8.49. The fourth-order valence-electron chi connectivity index (χ4n) is 2.99. The summed E-state index contributed by atoms with van der Waals surface area (Å²) in [5.74, 6) is -0.943. The molecule has 1 aromatic heterocycles. The van der Waals surface area contributed by atoms with Crippen LogP contribution < -0.4 is 0 Å². The number of hydrogen-bond acceptors (Lipinski definition) is 5. The molecule has 0 bridgehead atoms. The molecule has 0 saturated carbocycles. The van der Waals surface area contributed by atoms with E-state index in [0.717, 1.165) is 0 Å². The average molecular weight is 392 g/mol. The Hall–Kier alpha value is -2.45. The number of H-pyrrole nitrogens is 1. The van der Waals surface area contributed by atoms with E-state index in [2.05, 4.69) is 4.98 Å². The molecule has 0 fully saturated rings. The highest BCUT2D eigenvalue weighted by molar-refractivity contribution is 7.89. The number of Topliss-reactive ketones (excluding diaryl/α,β-unsaturated/α-hetero) is 1. The van der Waals surface area contributed by atoms with E-state index in [0.29, 0.717) is 23.2 Å². The third-order valence-corrected chi connectivity index (χ3v) is 6.14. The van der Waals surface area contributed by atoms with Gasteiger partial charge in [0.15, 0.2) is 5.78 Å². The molecule has 0 atom stereocenters. The molecule has 27 heavy (non-hydrogen) atoms. The number of aromatic nitrogens is 1. The van der Waals surface area contributed by atoms with E-state index in [9.17, 15) is 18.0 Å². The number of carbonyl (C=O) groups excluding carboxylic acids is 2. The molecular formula is C19H24N2O5S. The standard InChI is InChI=1S/C19H24N2O5S/c1-5-11-21(27(24,25)15-9-7-6-8-10-15)12-16(22)17-13(2)18(19(23)26-4)20-14(17)3/h6-10,20H,5,11-12H2,1-4H3. The van der Waals surface area contributed by atoms with E-state index in [-0.39, 0.29) is 29.5 Å². The molecule has 0 unspecified atom stereocenters. The van der Waals surface area contributed by atoms with E-state index in [4.69, 9.17) is 4.74 Å². The maximum Gasteiger partial charge on any atom is 0.354 e. The zero-order valence-electron chi connectivity index (χ0n) is 15.9. The van der Waals surface area contributed by atoms with Crippen molar-refractivity contribution in [3.05, 3.63) is 52.8 Å². The van der Waals surface area contributed by atoms with Crippen LogP contribution in [0.15, 0.2) is 35.2 Å². The number of carbonyl (C=O) groups is 2. The number of nitrogens with zero attached hydrogens (tertiary/aromatic N) is 1. The molecule has 1 heterocycles. The monoisotopic (exact) mass is 392 g/mol. The first-order valence-electron chi connectivity index (χ1n) is 8.59. The van der Waals surface area contributed by atoms with Gasteiger partial charge in [-0.3, -0.25) is 4.79 Å². The lowest BCUT2D eigenvalue weighted by atomic mass is 10.1. The van der Waals surface area contributed by atoms with Crippen LogP contribution in [-0.4, -0.2) is 49.7 Å². The van der Waals surface area contributed by atoms with E-state index in [1.165, 1.54) is 23.5 Å². The van der Waals surface area contributed by atoms with Crippen LogP contribution in [0.3, 0.4) is 0 Å². The van der Waals surface area contributed by atoms with Gasteiger partial charge in [-0.05, 0) is 38.0 Å². The molecule has 0 amide bonds. The molecule has 2 aromatic rings. The molecule has 8 heteroatoms. The normalized spacial score (nSPS) is 11.6. The largest absolute Gasteiger partial charge is 0.464 e. The molecule has 1 N–H and O–H groups in total. The van der Waals surface area contributed by atoms with Crippen molar-refractivity contribution in [2.75, 3.05) is 20.2 Å². The maximum atomic E-state index is 12.9. The van der Waals surface area contributed by atoms with Crippen LogP contribution in [0, 0.1) is 13.8 Å². The number of aryl methyl sites for hydroxylation is 1. The molecule has 0 aliphatic heterocycles. The number of sulfonamides is 1. The lowest BCUT2D eigenvalue weighted by Gasteiger charge is -2.21. The first-order chi connectivity index (χ1) is 12.7. The summed E-state index contributed by atoms with van der Waals surface area (Å²) in [4.78, 5) is 27.7. The highest BCUT2D eigenvalue weighted by atomic mass is 32.2. The van der Waals surface area contributed by atoms with Crippen molar-refractivity contribution >= 4 is 21.8 Å². The molecule has 0 saturated heterocycles. The lowest BCUT2D eigenvalue weighted by molar-refractivity contribution is 0.0594. The summed E-state index contributed by atoms with van der Waals surface area (Å²) in [6.07, 6.45) is 0.567. The van der Waals surface area contributed by atoms with Gasteiger partial charge in [0.05, 0.1) is 18.6 Å². The van der Waals surface area contributed by atoms with Crippen LogP contribution in [-0.2, 0) is 14.8 Å². The number of methoxy groups -OCH3 is 1. The second-order valence-corrected chi connectivity index (χ2v) is 8.13. The fraction of sp³-hybridized carbons (Fsp3) is 0.368. The summed E-state index contributed by atoms with van der Waals surface area (Å²) >= 11 is 0. The van der Waals surface area contributed by atoms with Crippen molar-refractivity contribution in [3.63, 3.8) is 0 Å². The average Bonchev–Trinajstić information content (AvgIpc) is 2.95. The molecule has 7 nitrogen and oxygen atoms in total. The van der Waals surface area contributed by atoms with Crippen molar-refractivity contribution in [3.8, 4) is 0 Å². The smallest absolute Gasteiger partial charge is 0.354 e. The summed E-state index contributed by atoms with van der Waals surface area (Å²) in [5.41, 5.74) is 1.48. The number of esters is 1. The van der Waals surface area contributed by atoms with Crippen molar-refractivity contribution < 1.29 is 22.7 Å². The lowest BCUT2D eigenvalue weighted by Crippen LogP contribution is -2.36. The highest BCUT2D eigenvalue weighted by Gasteiger charge is 2.29. The van der Waals surface area contributed by atoms with Crippen LogP contribution in [0.25, 0.3) is 0 Å². The topological polar surface area (TPSA) is 96.5 Å². The van der Waals surface area contributed by atoms with Gasteiger partial charge in [0.1, 0.15) is 5.69 Å². The van der Waals surface area contributed by atoms with Gasteiger partial charge in [0, 0.05) is 17.8 Å². The number of ketones is 1. The third-order valence-electron chi connectivity index (χ3n) is 4.28. The van der Waals surface area contributed by atoms with Gasteiger partial charge in [0.2, 0.25) is 10.0 Å². The predicted molar refractivity (Wildman–Crippen MR) is 101 cm³/mol. The molecular weight excluding hydrogens is 368 g/mol. The van der Waals surface area contributed by atoms with Crippen LogP contribution in [0.4, 0.5) is 0 Å². The number of ether oxygens (including phenoxy) is 1. The number of hydrogen-bond donors (Lipinski definition) is 1. The van der Waals surface area contributed by atoms with Gasteiger partial charge >= 0.3 is 5.97 Å². The number of benzene rings is 1. The first-order valence-corrected chi connectivity index (χ1v) is 10.0. The maximum absolute atomic E-state index is 12.9. The van der Waals surface area contributed by atoms with Crippen LogP contribution >= 0.6 is 0 Å². The molecule has 146 valence electrons. The summed E-state index contributed by atoms with van der Waals surface area (Å²) in [7, 11) is -2.54. The molecule has 0 aliphatic rings. The van der Waals surface area contributed by atoms with E-state index < -0.39 is 16.0 Å². The van der Waals surface area contributed by atoms with E-state index in [1.807, 2.05) is 6.92 Å². The van der Waals surface area contributed by atoms with Crippen LogP contribution in [0.5, 0.6) is 0 Å². The minimum absolute atomic E-state index is 0.143. The zero-order valence-corrected chi connectivity index (χ0v) is 16.7. The van der Waals surface area contributed by atoms with Crippen molar-refractivity contribution in [2.45, 2.75) is 32.1 Å². The van der Waals surface area contributed by atoms with E-state index >= 15 is 0 Å². The molecule has 2 rings (SSSR count). The Balaban J connectivity index is 2.37. The predicted octanol–water partition coefficient (Wildman–Crippen LogP) is 2.70. The minimum atomic E-state index is -3.80. The summed E-state index contributed by atoms with van der Waals surface area (Å²) in [5, 5.41) is 0. The Morgan fingerprint density at radius 1 is 1.15 bits per heavy atom. The number of nitrogens with one attached hydrogen (secondary N) is 1. The fourth-order valence-corrected chi connectivity index (χ4v) is 4.50. The number of rotatable bonds is 8. The molecule has 0 spiro atoms. The van der Waals surface area contributed by atoms with Gasteiger partial charge in [0.25, 0.3) is 0 Å². The van der Waals surface area contributed by atoms with E-state index in [1.54, 1.807) is 32.0 Å². The Morgan fingerprint density at radius 3 is 2.33 bits per heavy atom. The van der Waals surface area contributed by atoms with Gasteiger partial charge in [-0.25, -0.2) is 13.2 Å². The van der Waals surface area contributed by atoms with Gasteiger partial charge in [-0.1, -0.05) is 25.1 Å². The SMILES string of the molecule is CCCN(CC(=O)c1c(C)[nH]c(C(=O)OC)c1C)S(=O)(=O)c1ccccc1. The first kappa shape index (κ1) is 20.9. The summed E-state index contributed by atoms with van der Waals surface area (Å²) < 4.78 is 31.7. The van der Waals surface area contributed by atoms with Gasteiger partial charge < -0.3 is 9.72 Å². The Morgan fingerprint density at radius 2 is 1.78 bits per heavy atom. The minimum Gasteiger partial charge on any atom is -0.464 e. The van der Waals surface area contributed by atoms with Crippen LogP contribution in [0.1, 0.15) is 45.4 Å². The van der Waals surface area contributed by atoms with Crippen LogP contribution in [0.2, 0.25) is 0 Å². The second-order valence-electron chi connectivity index (χ2n) is 6.19. The Bertz CT molecular complexity index is 933.